The lowest BCUT2D eigenvalue weighted by Gasteiger charge is -2.31. The quantitative estimate of drug-likeness (QED) is 0.213. The van der Waals surface area contributed by atoms with Gasteiger partial charge in [0.25, 0.3) is 11.8 Å². The number of hydrogen-bond donors (Lipinski definition) is 0. The van der Waals surface area contributed by atoms with Crippen LogP contribution in [-0.2, 0) is 22.7 Å². The molecule has 0 N–H and O–H groups in total. The van der Waals surface area contributed by atoms with Gasteiger partial charge < -0.3 is 9.80 Å². The lowest BCUT2D eigenvalue weighted by Crippen LogP contribution is -2.45. The van der Waals surface area contributed by atoms with Gasteiger partial charge in [0.2, 0.25) is 0 Å². The van der Waals surface area contributed by atoms with Crippen LogP contribution in [0, 0.1) is 0 Å². The minimum Gasteiger partial charge on any atom is -0.332 e. The summed E-state index contributed by atoms with van der Waals surface area (Å²) in [5, 5.41) is 0. The van der Waals surface area contributed by atoms with Crippen molar-refractivity contribution in [2.45, 2.75) is 34.6 Å². The van der Waals surface area contributed by atoms with Crippen LogP contribution < -0.4 is 0 Å². The first-order valence-electron chi connectivity index (χ1n) is 10.7. The van der Waals surface area contributed by atoms with E-state index in [1.165, 1.54) is 9.80 Å². The van der Waals surface area contributed by atoms with Crippen molar-refractivity contribution in [3.63, 3.8) is 0 Å². The van der Waals surface area contributed by atoms with E-state index in [2.05, 4.69) is 13.2 Å². The molecular formula is C26H28Cl4N2O2. The van der Waals surface area contributed by atoms with E-state index < -0.39 is 20.5 Å². The largest absolute Gasteiger partial charge is 0.332 e. The summed E-state index contributed by atoms with van der Waals surface area (Å²) in [4.78, 5) is 29.3. The van der Waals surface area contributed by atoms with Gasteiger partial charge in [0.1, 0.15) is 0 Å². The Kier molecular flexibility index (Phi) is 11.0. The third kappa shape index (κ3) is 8.35. The molecule has 0 atom stereocenters. The van der Waals surface area contributed by atoms with Gasteiger partial charge in [-0.15, -0.1) is 13.2 Å². The van der Waals surface area contributed by atoms with Gasteiger partial charge in [-0.3, -0.25) is 9.59 Å². The average molecular weight is 542 g/mol. The van der Waals surface area contributed by atoms with Gasteiger partial charge in [-0.05, 0) is 24.0 Å². The van der Waals surface area contributed by atoms with Crippen molar-refractivity contribution in [1.29, 1.82) is 0 Å². The van der Waals surface area contributed by atoms with Crippen molar-refractivity contribution in [3.8, 4) is 0 Å². The minimum absolute atomic E-state index is 0.122. The molecule has 0 unspecified atom stereocenters. The summed E-state index contributed by atoms with van der Waals surface area (Å²) < 4.78 is -3.65. The van der Waals surface area contributed by atoms with Crippen LogP contribution in [0.4, 0.5) is 0 Å². The maximum absolute atomic E-state index is 13.1. The van der Waals surface area contributed by atoms with Crippen LogP contribution in [0.25, 0.3) is 0 Å². The van der Waals surface area contributed by atoms with Gasteiger partial charge in [-0.25, -0.2) is 0 Å². The molecule has 0 heterocycles. The van der Waals surface area contributed by atoms with Crippen molar-refractivity contribution < 1.29 is 9.59 Å². The van der Waals surface area contributed by atoms with Gasteiger partial charge in [-0.2, -0.15) is 0 Å². The predicted octanol–water partition coefficient (Wildman–Crippen LogP) is 6.54. The summed E-state index contributed by atoms with van der Waals surface area (Å²) >= 11 is 25.8. The van der Waals surface area contributed by atoms with Gasteiger partial charge in [0.05, 0.1) is 0 Å². The number of rotatable bonds is 13. The van der Waals surface area contributed by atoms with E-state index in [1.54, 1.807) is 12.2 Å². The zero-order valence-electron chi connectivity index (χ0n) is 18.8. The first kappa shape index (κ1) is 28.3. The summed E-state index contributed by atoms with van der Waals surface area (Å²) in [7, 11) is 0. The number of benzene rings is 2. The molecule has 2 rings (SSSR count). The van der Waals surface area contributed by atoms with Crippen molar-refractivity contribution in [2.24, 2.45) is 0 Å². The fraction of sp³-hybridized carbons (Fsp3) is 0.308. The van der Waals surface area contributed by atoms with E-state index in [4.69, 9.17) is 46.4 Å². The summed E-state index contributed by atoms with van der Waals surface area (Å²) in [6.07, 6.45) is 2.95. The van der Waals surface area contributed by atoms with Gasteiger partial charge in [-0.1, -0.05) is 119 Å². The normalized spacial score (nSPS) is 11.5. The van der Waals surface area contributed by atoms with Crippen LogP contribution in [0.1, 0.15) is 24.0 Å². The Bertz CT molecular complexity index is 886. The smallest absolute Gasteiger partial charge is 0.259 e. The Hall–Kier alpha value is -1.98. The van der Waals surface area contributed by atoms with Crippen LogP contribution in [0.3, 0.4) is 0 Å². The molecule has 2 amide bonds. The number of nitrogens with zero attached hydrogens (tertiary/aromatic N) is 2. The molecule has 0 radical (unpaired) electrons. The summed E-state index contributed by atoms with van der Waals surface area (Å²) in [5.74, 6) is -1.02. The molecule has 0 aliphatic heterocycles. The Morgan fingerprint density at radius 3 is 1.29 bits per heavy atom. The lowest BCUT2D eigenvalue weighted by atomic mass is 10.1. The van der Waals surface area contributed by atoms with Crippen molar-refractivity contribution in [2.75, 3.05) is 13.1 Å². The highest BCUT2D eigenvalue weighted by Crippen LogP contribution is 2.37. The monoisotopic (exact) mass is 540 g/mol. The highest BCUT2D eigenvalue weighted by Gasteiger charge is 2.43. The Labute approximate surface area is 221 Å². The van der Waals surface area contributed by atoms with Crippen molar-refractivity contribution in [1.82, 2.24) is 9.80 Å². The maximum Gasteiger partial charge on any atom is 0.259 e. The number of alkyl halides is 4. The fourth-order valence-corrected chi connectivity index (χ4v) is 4.20. The molecule has 0 aromatic heterocycles. The van der Waals surface area contributed by atoms with Gasteiger partial charge in [0.15, 0.2) is 8.67 Å². The highest BCUT2D eigenvalue weighted by molar-refractivity contribution is 6.59. The molecule has 182 valence electrons. The van der Waals surface area contributed by atoms with Crippen LogP contribution in [0.15, 0.2) is 86.0 Å². The van der Waals surface area contributed by atoms with Crippen LogP contribution in [-0.4, -0.2) is 43.4 Å². The molecule has 2 aromatic rings. The summed E-state index contributed by atoms with van der Waals surface area (Å²) in [6, 6.07) is 18.9. The van der Waals surface area contributed by atoms with E-state index in [0.717, 1.165) is 11.1 Å². The molecule has 34 heavy (non-hydrogen) atoms. The van der Waals surface area contributed by atoms with Crippen LogP contribution >= 0.6 is 46.4 Å². The molecule has 0 bridgehead atoms. The molecule has 8 heteroatoms. The highest BCUT2D eigenvalue weighted by atomic mass is 35.5. The summed E-state index contributed by atoms with van der Waals surface area (Å²) in [5.41, 5.74) is 1.84. The lowest BCUT2D eigenvalue weighted by molar-refractivity contribution is -0.134. The molecule has 0 spiro atoms. The first-order chi connectivity index (χ1) is 16.1. The molecule has 0 aliphatic carbocycles. The molecule has 0 fully saturated rings. The zero-order chi connectivity index (χ0) is 25.2. The first-order valence-corrected chi connectivity index (χ1v) is 12.3. The van der Waals surface area contributed by atoms with E-state index in [-0.39, 0.29) is 25.9 Å². The molecule has 0 aliphatic rings. The molecule has 0 saturated heterocycles. The standard InChI is InChI=1S/C26H28Cl4N2O2/c1-3-17-31(19-21-11-7-5-8-12-21)23(33)25(27,28)15-16-26(29,30)24(34)32(18-4-2)20-22-13-9-6-10-14-22/h3-14H,1-2,15-20H2. The Morgan fingerprint density at radius 2 is 1.00 bits per heavy atom. The van der Waals surface area contributed by atoms with Crippen molar-refractivity contribution in [3.05, 3.63) is 97.1 Å². The molecule has 4 nitrogen and oxygen atoms in total. The fourth-order valence-electron chi connectivity index (χ4n) is 3.35. The second kappa shape index (κ2) is 13.2. The van der Waals surface area contributed by atoms with Crippen LogP contribution in [0.5, 0.6) is 0 Å². The van der Waals surface area contributed by atoms with Crippen LogP contribution in [0.2, 0.25) is 0 Å². The summed E-state index contributed by atoms with van der Waals surface area (Å²) in [6.45, 7) is 8.54. The molecular weight excluding hydrogens is 514 g/mol. The van der Waals surface area contributed by atoms with Gasteiger partial charge >= 0.3 is 0 Å². The topological polar surface area (TPSA) is 40.6 Å². The van der Waals surface area contributed by atoms with E-state index in [9.17, 15) is 9.59 Å². The SMILES string of the molecule is C=CCN(Cc1ccccc1)C(=O)C(Cl)(Cl)CCC(Cl)(Cl)C(=O)N(CC=C)Cc1ccccc1. The molecule has 0 saturated carbocycles. The van der Waals surface area contributed by atoms with Gasteiger partial charge in [0, 0.05) is 26.2 Å². The van der Waals surface area contributed by atoms with Crippen molar-refractivity contribution >= 4 is 58.2 Å². The number of amides is 2. The average Bonchev–Trinajstić information content (AvgIpc) is 2.83. The number of halogens is 4. The third-order valence-corrected chi connectivity index (χ3v) is 6.49. The second-order valence-corrected chi connectivity index (χ2v) is 10.8. The Balaban J connectivity index is 2.09. The maximum atomic E-state index is 13.1. The van der Waals surface area contributed by atoms with E-state index in [1.807, 2.05) is 60.7 Å². The second-order valence-electron chi connectivity index (χ2n) is 7.83. The number of hydrogen-bond acceptors (Lipinski definition) is 2. The minimum atomic E-state index is -1.82. The molecule has 2 aromatic carbocycles. The predicted molar refractivity (Wildman–Crippen MR) is 142 cm³/mol. The Morgan fingerprint density at radius 1 is 0.676 bits per heavy atom. The third-order valence-electron chi connectivity index (χ3n) is 5.08. The number of carbonyl (C=O) groups excluding carboxylic acids is 2. The van der Waals surface area contributed by atoms with E-state index >= 15 is 0 Å². The number of carbonyl (C=O) groups is 2. The zero-order valence-corrected chi connectivity index (χ0v) is 21.8. The van der Waals surface area contributed by atoms with E-state index in [0.29, 0.717) is 13.1 Å².